The summed E-state index contributed by atoms with van der Waals surface area (Å²) in [6.07, 6.45) is 11.5. The van der Waals surface area contributed by atoms with Gasteiger partial charge < -0.3 is 19.6 Å². The molecule has 6 nitrogen and oxygen atoms in total. The second-order valence-corrected chi connectivity index (χ2v) is 11.0. The van der Waals surface area contributed by atoms with Crippen molar-refractivity contribution in [3.05, 3.63) is 71.8 Å². The summed E-state index contributed by atoms with van der Waals surface area (Å²) in [6.45, 7) is 7.35. The van der Waals surface area contributed by atoms with E-state index in [0.717, 1.165) is 32.5 Å². The molecule has 39 heavy (non-hydrogen) atoms. The summed E-state index contributed by atoms with van der Waals surface area (Å²) in [4.78, 5) is 23.8. The number of nitrogens with zero attached hydrogens (tertiary/aromatic N) is 1. The van der Waals surface area contributed by atoms with Crippen molar-refractivity contribution in [2.75, 3.05) is 26.2 Å². The molecule has 1 atom stereocenters. The average molecular weight is 540 g/mol. The Morgan fingerprint density at radius 2 is 1.33 bits per heavy atom. The van der Waals surface area contributed by atoms with Crippen molar-refractivity contribution in [2.24, 2.45) is 0 Å². The van der Waals surface area contributed by atoms with Gasteiger partial charge >= 0.3 is 5.97 Å². The lowest BCUT2D eigenvalue weighted by atomic mass is 10.1. The van der Waals surface area contributed by atoms with Gasteiger partial charge in [0, 0.05) is 17.5 Å². The van der Waals surface area contributed by atoms with Crippen LogP contribution in [-0.4, -0.2) is 53.8 Å². The smallest absolute Gasteiger partial charge is 0.329 e. The van der Waals surface area contributed by atoms with Gasteiger partial charge in [-0.1, -0.05) is 119 Å². The van der Waals surface area contributed by atoms with Crippen molar-refractivity contribution in [2.45, 2.75) is 97.2 Å². The fraction of sp³-hybridized carbons (Fsp3) is 0.576. The summed E-state index contributed by atoms with van der Waals surface area (Å²) >= 11 is 0. The lowest BCUT2D eigenvalue weighted by Gasteiger charge is -2.41. The molecule has 0 bridgehead atoms. The summed E-state index contributed by atoms with van der Waals surface area (Å²) in [5.74, 6) is -0.847. The number of benzene rings is 2. The van der Waals surface area contributed by atoms with E-state index in [9.17, 15) is 9.59 Å². The second-order valence-electron chi connectivity index (χ2n) is 11.0. The number of nitrogens with one attached hydrogen (secondary N) is 1. The third-order valence-electron chi connectivity index (χ3n) is 7.27. The molecule has 0 radical (unpaired) electrons. The topological polar surface area (TPSA) is 75.6 Å². The summed E-state index contributed by atoms with van der Waals surface area (Å²) in [6, 6.07) is 20.7. The lowest BCUT2D eigenvalue weighted by molar-refractivity contribution is -0.955. The van der Waals surface area contributed by atoms with E-state index in [0.29, 0.717) is 24.0 Å². The van der Waals surface area contributed by atoms with Crippen molar-refractivity contribution in [1.82, 2.24) is 5.32 Å². The quantitative estimate of drug-likeness (QED) is 0.128. The molecule has 0 spiro atoms. The van der Waals surface area contributed by atoms with Crippen LogP contribution in [0.5, 0.6) is 0 Å². The molecular weight excluding hydrogens is 488 g/mol. The minimum atomic E-state index is -0.963. The molecule has 2 N–H and O–H groups in total. The molecule has 2 aromatic rings. The Labute approximate surface area is 236 Å². The van der Waals surface area contributed by atoms with Crippen LogP contribution in [0.2, 0.25) is 0 Å². The number of hydrogen-bond acceptors (Lipinski definition) is 3. The standard InChI is InChI=1S/C33H50N2O4/c1-3-4-5-6-7-8-9-10-17-22-32(36)34-23-24-35(25-29(2)39-28-33(37)38,26-30-18-13-11-14-19-30)27-31-20-15-12-16-21-31/h11-16,18-21,29H,3-10,17,22-28H2,1-2H3,(H-,34,36,37,38)/p+1. The van der Waals surface area contributed by atoms with E-state index in [1.165, 1.54) is 56.1 Å². The summed E-state index contributed by atoms with van der Waals surface area (Å²) in [5, 5.41) is 12.3. The molecule has 216 valence electrons. The van der Waals surface area contributed by atoms with Crippen molar-refractivity contribution < 1.29 is 23.9 Å². The molecule has 0 saturated carbocycles. The van der Waals surface area contributed by atoms with Crippen molar-refractivity contribution in [3.8, 4) is 0 Å². The van der Waals surface area contributed by atoms with Crippen LogP contribution in [0, 0.1) is 0 Å². The number of rotatable bonds is 22. The summed E-state index contributed by atoms with van der Waals surface area (Å²) in [7, 11) is 0. The van der Waals surface area contributed by atoms with Gasteiger partial charge in [0.2, 0.25) is 5.91 Å². The van der Waals surface area contributed by atoms with E-state index >= 15 is 0 Å². The van der Waals surface area contributed by atoms with Gasteiger partial charge in [0.15, 0.2) is 0 Å². The third kappa shape index (κ3) is 14.9. The van der Waals surface area contributed by atoms with Gasteiger partial charge in [0.25, 0.3) is 0 Å². The van der Waals surface area contributed by atoms with Gasteiger partial charge in [-0.25, -0.2) is 4.79 Å². The Bertz CT molecular complexity index is 878. The molecule has 1 amide bonds. The first-order valence-electron chi connectivity index (χ1n) is 15.0. The third-order valence-corrected chi connectivity index (χ3v) is 7.27. The van der Waals surface area contributed by atoms with Gasteiger partial charge in [-0.2, -0.15) is 0 Å². The van der Waals surface area contributed by atoms with E-state index in [-0.39, 0.29) is 18.6 Å². The molecule has 0 aliphatic rings. The maximum absolute atomic E-state index is 12.6. The van der Waals surface area contributed by atoms with Gasteiger partial charge in [-0.15, -0.1) is 0 Å². The average Bonchev–Trinajstić information content (AvgIpc) is 2.92. The fourth-order valence-corrected chi connectivity index (χ4v) is 5.30. The predicted octanol–water partition coefficient (Wildman–Crippen LogP) is 6.73. The number of hydrogen-bond donors (Lipinski definition) is 2. The highest BCUT2D eigenvalue weighted by Crippen LogP contribution is 2.22. The summed E-state index contributed by atoms with van der Waals surface area (Å²) in [5.41, 5.74) is 2.42. The first-order chi connectivity index (χ1) is 18.9. The monoisotopic (exact) mass is 539 g/mol. The number of unbranched alkanes of at least 4 members (excludes halogenated alkanes) is 8. The van der Waals surface area contributed by atoms with E-state index in [1.54, 1.807) is 0 Å². The second kappa shape index (κ2) is 19.4. The number of amides is 1. The molecule has 0 aromatic heterocycles. The molecule has 0 aliphatic carbocycles. The summed E-state index contributed by atoms with van der Waals surface area (Å²) < 4.78 is 6.33. The first-order valence-corrected chi connectivity index (χ1v) is 15.0. The fourth-order valence-electron chi connectivity index (χ4n) is 5.30. The van der Waals surface area contributed by atoms with Crippen molar-refractivity contribution >= 4 is 11.9 Å². The van der Waals surface area contributed by atoms with Crippen LogP contribution in [0.15, 0.2) is 60.7 Å². The predicted molar refractivity (Wildman–Crippen MR) is 158 cm³/mol. The molecule has 0 fully saturated rings. The van der Waals surface area contributed by atoms with Crippen LogP contribution >= 0.6 is 0 Å². The molecule has 0 saturated heterocycles. The number of carboxylic acids is 1. The van der Waals surface area contributed by atoms with Crippen LogP contribution in [-0.2, 0) is 27.4 Å². The normalized spacial score (nSPS) is 12.3. The SMILES string of the molecule is CCCCCCCCCCCC(=O)NCC[N+](Cc1ccccc1)(Cc1ccccc1)CC(C)OCC(=O)O. The Hall–Kier alpha value is -2.70. The lowest BCUT2D eigenvalue weighted by Crippen LogP contribution is -2.54. The van der Waals surface area contributed by atoms with Crippen molar-refractivity contribution in [3.63, 3.8) is 0 Å². The van der Waals surface area contributed by atoms with Crippen LogP contribution in [0.3, 0.4) is 0 Å². The Morgan fingerprint density at radius 1 is 0.821 bits per heavy atom. The zero-order valence-electron chi connectivity index (χ0n) is 24.3. The van der Waals surface area contributed by atoms with Gasteiger partial charge in [-0.05, 0) is 13.3 Å². The number of carboxylic acid groups (broad SMARTS) is 1. The Morgan fingerprint density at radius 3 is 1.85 bits per heavy atom. The highest BCUT2D eigenvalue weighted by atomic mass is 16.5. The number of aliphatic carboxylic acids is 1. The van der Waals surface area contributed by atoms with Gasteiger partial charge in [-0.3, -0.25) is 4.79 Å². The van der Waals surface area contributed by atoms with Gasteiger partial charge in [0.1, 0.15) is 32.3 Å². The maximum atomic E-state index is 12.6. The molecule has 6 heteroatoms. The maximum Gasteiger partial charge on any atom is 0.329 e. The molecular formula is C33H51N2O4+. The minimum absolute atomic E-state index is 0.116. The molecule has 0 heterocycles. The molecule has 0 aliphatic heterocycles. The number of carbonyl (C=O) groups excluding carboxylic acids is 1. The zero-order valence-corrected chi connectivity index (χ0v) is 24.3. The zero-order chi connectivity index (χ0) is 28.2. The van der Waals surface area contributed by atoms with Crippen molar-refractivity contribution in [1.29, 1.82) is 0 Å². The highest BCUT2D eigenvalue weighted by Gasteiger charge is 2.31. The number of ether oxygens (including phenoxy) is 1. The van der Waals surface area contributed by atoms with E-state index < -0.39 is 5.97 Å². The van der Waals surface area contributed by atoms with Crippen LogP contribution in [0.1, 0.15) is 89.2 Å². The van der Waals surface area contributed by atoms with E-state index in [1.807, 2.05) is 43.3 Å². The number of carbonyl (C=O) groups is 2. The van der Waals surface area contributed by atoms with Crippen LogP contribution < -0.4 is 5.32 Å². The van der Waals surface area contributed by atoms with Crippen LogP contribution in [0.4, 0.5) is 0 Å². The minimum Gasteiger partial charge on any atom is -0.480 e. The Kier molecular flexibility index (Phi) is 16.2. The van der Waals surface area contributed by atoms with Gasteiger partial charge in [0.05, 0.1) is 13.1 Å². The largest absolute Gasteiger partial charge is 0.480 e. The number of quaternary nitrogens is 1. The van der Waals surface area contributed by atoms with Crippen LogP contribution in [0.25, 0.3) is 0 Å². The van der Waals surface area contributed by atoms with E-state index in [2.05, 4.69) is 36.5 Å². The molecule has 2 aromatic carbocycles. The van der Waals surface area contributed by atoms with E-state index in [4.69, 9.17) is 9.84 Å². The first kappa shape index (κ1) is 32.5. The highest BCUT2D eigenvalue weighted by molar-refractivity contribution is 5.75. The molecule has 1 unspecified atom stereocenters. The molecule has 2 rings (SSSR count). The Balaban J connectivity index is 1.96.